The third-order valence-corrected chi connectivity index (χ3v) is 21.6. The van der Waals surface area contributed by atoms with E-state index in [2.05, 4.69) is 57.5 Å². The van der Waals surface area contributed by atoms with Crippen LogP contribution in [0.5, 0.6) is 23.0 Å². The number of esters is 4. The van der Waals surface area contributed by atoms with E-state index >= 15 is 0 Å². The molecule has 0 spiro atoms. The van der Waals surface area contributed by atoms with E-state index in [1.165, 1.54) is 114 Å². The summed E-state index contributed by atoms with van der Waals surface area (Å²) in [5.41, 5.74) is 20.4. The summed E-state index contributed by atoms with van der Waals surface area (Å²) in [6, 6.07) is 42.2. The number of aromatic nitrogens is 8. The fraction of sp³-hybridized carbons (Fsp3) is 0.294. The molecule has 6 aromatic carbocycles. The van der Waals surface area contributed by atoms with Crippen LogP contribution in [0, 0.1) is 24.4 Å². The fourth-order valence-electron chi connectivity index (χ4n) is 14.4. The average Bonchev–Trinajstić information content (AvgIpc) is 0.756. The van der Waals surface area contributed by atoms with E-state index in [1.54, 1.807) is 171 Å². The number of pyridine rings is 8. The minimum atomic E-state index is -0.921. The summed E-state index contributed by atoms with van der Waals surface area (Å²) in [5, 5.41) is 32.2. The number of aryl methyl sites for hydroxylation is 5. The molecule has 8 heterocycles. The van der Waals surface area contributed by atoms with E-state index in [-0.39, 0.29) is 181 Å². The molecule has 0 saturated carbocycles. The zero-order chi connectivity index (χ0) is 106. The normalized spacial score (nSPS) is 10.2. The van der Waals surface area contributed by atoms with Crippen molar-refractivity contribution in [3.05, 3.63) is 325 Å². The minimum absolute atomic E-state index is 0. The number of nitrogens with two attached hydrogens (primary N) is 2. The Hall–Kier alpha value is -15.1. The number of anilines is 4. The molecule has 0 aliphatic carbocycles. The van der Waals surface area contributed by atoms with Crippen LogP contribution in [0.2, 0.25) is 0 Å². The molecule has 14 rings (SSSR count). The van der Waals surface area contributed by atoms with Crippen LogP contribution < -0.4 is 116 Å². The largest absolute Gasteiger partial charge is 1.00 e. The standard InChI is InChI=1S/C27H24FN3O5.C26H22FN3O5.C21H23FN4O3.C21H24N4O3.C5H9NO2.C4H8O2.CH3Cl.4CH4.K.H/c1-4-35-27(34)22-24(36-26(33)17-8-6-5-7-9-17)23-21(31(3)25(22)32)13-16(15-30-23)12-18-10-11-19(28)14-20(18)29-2;1-3-34-26(33)21-23(35-25(32)16-7-5-4-6-8-16)22-20(30(2)24(21)31)12-15(14-29-22)11-17-9-10-18(27)13-19(17)28;1-4-7-24-20(28)17-19(27)18-16(26(3)21(17)29)9-12(11-25-18)8-13-5-6-14(22)10-15(13)23-2;1-4-7-23-20(27)17-19(26)18-16(25(3)21(17)28)10-13(11-24-18)9-14-6-5-12(2)8-15(14)22;1-4(7)5(8)6(2)3;1-4(5)3-6-2;1-2;;;;;;/h5-11,13-15,29H,4,12H2,1-3H3;4-10,12-14H,3,11,28H2,1-2H3;5-6,9-11,23,27H,4,7-8H2,1-3H3,(H,24,28);5-6,8,10-11,26H,4,7,9,22H2,1-3H3,(H,23,27);1-3H3;3H2,1-2H3;1H3;4*1H4;;/q;;;;;;;;;;;+1;-1. The predicted molar refractivity (Wildman–Crippen MR) is 572 cm³/mol. The summed E-state index contributed by atoms with van der Waals surface area (Å²) >= 11 is 4.64. The van der Waals surface area contributed by atoms with E-state index in [9.17, 15) is 85.7 Å². The number of ketones is 2. The number of hydrogen-bond donors (Lipinski definition) is 8. The van der Waals surface area contributed by atoms with Gasteiger partial charge in [0.1, 0.15) is 57.3 Å². The van der Waals surface area contributed by atoms with E-state index in [0.717, 1.165) is 45.4 Å². The van der Waals surface area contributed by atoms with Gasteiger partial charge >= 0.3 is 75.3 Å². The Morgan fingerprint density at radius 3 is 1.04 bits per heavy atom. The maximum Gasteiger partial charge on any atom is 1.00 e. The summed E-state index contributed by atoms with van der Waals surface area (Å²) in [6.45, 7) is 12.8. The summed E-state index contributed by atoms with van der Waals surface area (Å²) < 4.78 is 71.4. The molecule has 3 amide bonds. The topological polar surface area (TPSA) is 483 Å². The number of aromatic hydroxyl groups is 2. The van der Waals surface area contributed by atoms with Crippen molar-refractivity contribution in [3.8, 4) is 23.0 Å². The van der Waals surface area contributed by atoms with Crippen molar-refractivity contribution in [1.82, 2.24) is 53.7 Å². The Kier molecular flexibility index (Phi) is 52.3. The van der Waals surface area contributed by atoms with Gasteiger partial charge in [-0.3, -0.25) is 63.1 Å². The molecule has 14 aromatic rings. The monoisotopic (exact) mass is 2100 g/mol. The molecule has 0 aliphatic heterocycles. The van der Waals surface area contributed by atoms with Gasteiger partial charge in [0, 0.05) is 163 Å². The number of nitrogens with one attached hydrogen (secondary N) is 4. The van der Waals surface area contributed by atoms with Crippen LogP contribution >= 0.6 is 11.6 Å². The van der Waals surface area contributed by atoms with Gasteiger partial charge in [0.25, 0.3) is 40.0 Å². The van der Waals surface area contributed by atoms with Gasteiger partial charge in [-0.1, -0.05) is 110 Å². The number of amides is 3. The molecule has 10 N–H and O–H groups in total. The second kappa shape index (κ2) is 60.8. The van der Waals surface area contributed by atoms with Gasteiger partial charge < -0.3 is 91.2 Å². The van der Waals surface area contributed by atoms with E-state index < -0.39 is 98.1 Å². The molecular formula is C109H130ClF3KN15O20. The zero-order valence-electron chi connectivity index (χ0n) is 84.5. The maximum atomic E-state index is 13.6. The van der Waals surface area contributed by atoms with Crippen LogP contribution in [0.3, 0.4) is 0 Å². The second-order valence-corrected chi connectivity index (χ2v) is 32.4. The molecule has 0 atom stereocenters. The van der Waals surface area contributed by atoms with Crippen LogP contribution in [0.4, 0.5) is 35.9 Å². The van der Waals surface area contributed by atoms with Gasteiger partial charge in [-0.05, 0) is 182 Å². The third kappa shape index (κ3) is 33.2. The summed E-state index contributed by atoms with van der Waals surface area (Å²) in [5.74, 6) is -7.86. The van der Waals surface area contributed by atoms with Crippen molar-refractivity contribution in [2.45, 2.75) is 117 Å². The number of halogens is 4. The number of alkyl halides is 1. The van der Waals surface area contributed by atoms with Gasteiger partial charge in [-0.15, -0.1) is 11.6 Å². The molecule has 35 nitrogen and oxygen atoms in total. The second-order valence-electron chi connectivity index (χ2n) is 32.4. The van der Waals surface area contributed by atoms with Crippen molar-refractivity contribution < 1.29 is 143 Å². The van der Waals surface area contributed by atoms with Gasteiger partial charge in [0.15, 0.2) is 39.9 Å². The molecule has 0 radical (unpaired) electrons. The van der Waals surface area contributed by atoms with Crippen molar-refractivity contribution in [3.63, 3.8) is 0 Å². The Balaban J connectivity index is 0.000000637. The first-order chi connectivity index (χ1) is 68.6. The van der Waals surface area contributed by atoms with Crippen molar-refractivity contribution in [2.24, 2.45) is 28.2 Å². The van der Waals surface area contributed by atoms with E-state index in [4.69, 9.17) is 30.4 Å². The van der Waals surface area contributed by atoms with Crippen LogP contribution in [-0.4, -0.2) is 181 Å². The number of methoxy groups -OCH3 is 1. The third-order valence-electron chi connectivity index (χ3n) is 21.6. The molecule has 0 unspecified atom stereocenters. The number of carbonyl (C=O) groups is 9. The van der Waals surface area contributed by atoms with Crippen molar-refractivity contribution >= 4 is 132 Å². The molecular weight excluding hydrogens is 1970 g/mol. The van der Waals surface area contributed by atoms with Crippen LogP contribution in [0.25, 0.3) is 44.1 Å². The first-order valence-electron chi connectivity index (χ1n) is 45.0. The molecule has 40 heteroatoms. The predicted octanol–water partition coefficient (Wildman–Crippen LogP) is 13.0. The summed E-state index contributed by atoms with van der Waals surface area (Å²) in [7, 11) is 14.1. The average molecular weight is 2100 g/mol. The first kappa shape index (κ1) is 128. The summed E-state index contributed by atoms with van der Waals surface area (Å²) in [4.78, 5) is 177. The number of ether oxygens (including phenoxy) is 5. The van der Waals surface area contributed by atoms with Crippen LogP contribution in [0.15, 0.2) is 202 Å². The minimum Gasteiger partial charge on any atom is -1.00 e. The number of carbonyl (C=O) groups excluding carboxylic acids is 9. The first-order valence-corrected chi connectivity index (χ1v) is 45.7. The summed E-state index contributed by atoms with van der Waals surface area (Å²) in [6.07, 6.45) is 10.9. The zero-order valence-corrected chi connectivity index (χ0v) is 87.4. The van der Waals surface area contributed by atoms with Gasteiger partial charge in [0.05, 0.1) is 46.4 Å². The quantitative estimate of drug-likeness (QED) is 0.00779. The van der Waals surface area contributed by atoms with Gasteiger partial charge in [-0.25, -0.2) is 32.3 Å². The number of benzene rings is 6. The number of nitrogens with zero attached hydrogens (tertiary/aromatic N) is 9. The Morgan fingerprint density at radius 1 is 0.443 bits per heavy atom. The number of fused-ring (bicyclic) bond motifs is 4. The van der Waals surface area contributed by atoms with E-state index in [0.29, 0.717) is 95.4 Å². The van der Waals surface area contributed by atoms with Gasteiger partial charge in [-0.2, -0.15) is 0 Å². The number of hydrogen-bond acceptors (Lipinski definition) is 28. The SMILES string of the molecule is C.C.C.C.CC(=O)C(=O)N(C)C.CCCNC(=O)c1c(O)c2ncc(Cc3ccc(C)cc3N)cc2n(C)c1=O.CCCNC(=O)c1c(O)c2ncc(Cc3ccc(F)cc3NC)cc2n(C)c1=O.CCOC(=O)c1c(OC(=O)c2ccccc2)c2ncc(Cc3ccc(F)cc3N)cc2n(C)c1=O.CCOC(=O)c1c(OC(=O)c2ccccc2)c2ncc(Cc3ccc(F)cc3NC)cc2n(C)c1=O.CCl.COCC(C)=O.[H-].[K+]. The Morgan fingerprint density at radius 2 is 0.752 bits per heavy atom. The molecule has 0 bridgehead atoms. The smallest absolute Gasteiger partial charge is 1.00 e. The number of likely N-dealkylation sites (N-methyl/N-ethyl adjacent to an activating group) is 1. The number of nitrogen functional groups attached to an aromatic ring is 2. The van der Waals surface area contributed by atoms with E-state index in [1.807, 2.05) is 39.0 Å². The molecule has 790 valence electrons. The number of rotatable bonds is 27. The molecule has 0 fully saturated rings. The van der Waals surface area contributed by atoms with Gasteiger partial charge in [0.2, 0.25) is 5.78 Å². The molecule has 8 aromatic heterocycles. The molecule has 149 heavy (non-hydrogen) atoms. The molecule has 0 aliphatic rings. The van der Waals surface area contributed by atoms with Crippen LogP contribution in [0.1, 0.15) is 198 Å². The van der Waals surface area contributed by atoms with Crippen LogP contribution in [-0.2, 0) is 82.5 Å². The van der Waals surface area contributed by atoms with Crippen molar-refractivity contribution in [1.29, 1.82) is 0 Å². The van der Waals surface area contributed by atoms with Crippen molar-refractivity contribution in [2.75, 3.05) is 96.7 Å². The fourth-order valence-corrected chi connectivity index (χ4v) is 14.4. The number of Topliss-reactive ketones (excluding diaryl/α,β-unsaturated/α-hetero) is 2. The molecule has 0 saturated heterocycles. The maximum absolute atomic E-state index is 13.6. The Bertz CT molecular complexity index is 7400. The Labute approximate surface area is 910 Å².